The highest BCUT2D eigenvalue weighted by Gasteiger charge is 2.17. The van der Waals surface area contributed by atoms with Gasteiger partial charge in [-0.1, -0.05) is 18.2 Å². The minimum Gasteiger partial charge on any atom is -0.494 e. The molecule has 0 aromatic heterocycles. The van der Waals surface area contributed by atoms with Crippen LogP contribution in [-0.4, -0.2) is 29.6 Å². The van der Waals surface area contributed by atoms with Crippen molar-refractivity contribution in [1.29, 1.82) is 0 Å². The Morgan fingerprint density at radius 1 is 1.48 bits per heavy atom. The molecule has 1 aromatic rings. The number of benzene rings is 1. The fourth-order valence-corrected chi connectivity index (χ4v) is 1.78. The zero-order valence-electron chi connectivity index (χ0n) is 12.2. The van der Waals surface area contributed by atoms with E-state index in [1.807, 2.05) is 31.2 Å². The zero-order chi connectivity index (χ0) is 15.7. The molecule has 114 valence electrons. The molecule has 0 radical (unpaired) electrons. The van der Waals surface area contributed by atoms with Crippen LogP contribution in [0.15, 0.2) is 36.9 Å². The lowest BCUT2D eigenvalue weighted by atomic mass is 10.2. The molecule has 5 nitrogen and oxygen atoms in total. The minimum absolute atomic E-state index is 0.209. The van der Waals surface area contributed by atoms with Crippen molar-refractivity contribution in [3.63, 3.8) is 0 Å². The Morgan fingerprint density at radius 2 is 2.24 bits per heavy atom. The number of carboxylic acid groups (broad SMARTS) is 1. The molecule has 0 fully saturated rings. The average molecular weight is 291 g/mol. The van der Waals surface area contributed by atoms with Crippen LogP contribution in [0.3, 0.4) is 0 Å². The molecule has 0 spiro atoms. The first kappa shape index (κ1) is 16.8. The van der Waals surface area contributed by atoms with Crippen molar-refractivity contribution in [3.05, 3.63) is 42.5 Å². The standard InChI is InChI=1S/C16H21NO4/c1-3-6-14(16(19)20)17-15(18)9-5-10-21-13-8-4-7-12(2)11-13/h3-4,7-8,11,14H,1,5-6,9-10H2,2H3,(H,17,18)(H,19,20). The Hall–Kier alpha value is -2.30. The molecular formula is C16H21NO4. The van der Waals surface area contributed by atoms with E-state index in [0.717, 1.165) is 11.3 Å². The van der Waals surface area contributed by atoms with Gasteiger partial charge in [-0.15, -0.1) is 6.58 Å². The van der Waals surface area contributed by atoms with E-state index in [-0.39, 0.29) is 18.7 Å². The second-order valence-corrected chi connectivity index (χ2v) is 4.75. The Kier molecular flexibility index (Phi) is 7.01. The van der Waals surface area contributed by atoms with Crippen molar-refractivity contribution in [3.8, 4) is 5.75 Å². The van der Waals surface area contributed by atoms with Crippen LogP contribution in [0.4, 0.5) is 0 Å². The molecule has 1 aromatic carbocycles. The lowest BCUT2D eigenvalue weighted by Gasteiger charge is -2.12. The number of carbonyl (C=O) groups is 2. The predicted octanol–water partition coefficient (Wildman–Crippen LogP) is 2.30. The summed E-state index contributed by atoms with van der Waals surface area (Å²) in [5.74, 6) is -0.582. The van der Waals surface area contributed by atoms with Gasteiger partial charge in [0.25, 0.3) is 0 Å². The molecule has 2 N–H and O–H groups in total. The Morgan fingerprint density at radius 3 is 2.86 bits per heavy atom. The highest BCUT2D eigenvalue weighted by atomic mass is 16.5. The molecule has 0 aliphatic carbocycles. The number of hydrogen-bond donors (Lipinski definition) is 2. The van der Waals surface area contributed by atoms with Crippen molar-refractivity contribution in [2.45, 2.75) is 32.2 Å². The van der Waals surface area contributed by atoms with E-state index in [1.54, 1.807) is 0 Å². The minimum atomic E-state index is -1.06. The summed E-state index contributed by atoms with van der Waals surface area (Å²) in [5.41, 5.74) is 1.11. The van der Waals surface area contributed by atoms with Crippen molar-refractivity contribution in [2.24, 2.45) is 0 Å². The van der Waals surface area contributed by atoms with Gasteiger partial charge in [0.05, 0.1) is 6.61 Å². The fraction of sp³-hybridized carbons (Fsp3) is 0.375. The van der Waals surface area contributed by atoms with E-state index >= 15 is 0 Å². The van der Waals surface area contributed by atoms with Gasteiger partial charge in [-0.25, -0.2) is 4.79 Å². The normalized spacial score (nSPS) is 11.5. The third-order valence-corrected chi connectivity index (χ3v) is 2.84. The molecule has 1 rings (SSSR count). The molecule has 1 unspecified atom stereocenters. The molecule has 0 aliphatic heterocycles. The molecule has 5 heteroatoms. The number of carboxylic acids is 1. The maximum atomic E-state index is 11.6. The Bertz CT molecular complexity index is 499. The van der Waals surface area contributed by atoms with E-state index in [0.29, 0.717) is 13.0 Å². The Balaban J connectivity index is 2.27. The number of rotatable bonds is 9. The first-order valence-corrected chi connectivity index (χ1v) is 6.85. The van der Waals surface area contributed by atoms with Crippen LogP contribution < -0.4 is 10.1 Å². The summed E-state index contributed by atoms with van der Waals surface area (Å²) in [6, 6.07) is 6.76. The molecule has 0 saturated heterocycles. The maximum absolute atomic E-state index is 11.6. The van der Waals surface area contributed by atoms with Gasteiger partial charge in [-0.2, -0.15) is 0 Å². The lowest BCUT2D eigenvalue weighted by Crippen LogP contribution is -2.40. The highest BCUT2D eigenvalue weighted by molar-refractivity contribution is 5.83. The molecule has 0 saturated carbocycles. The second-order valence-electron chi connectivity index (χ2n) is 4.75. The number of ether oxygens (including phenoxy) is 1. The van der Waals surface area contributed by atoms with E-state index in [9.17, 15) is 9.59 Å². The summed E-state index contributed by atoms with van der Waals surface area (Å²) < 4.78 is 5.52. The monoisotopic (exact) mass is 291 g/mol. The first-order valence-electron chi connectivity index (χ1n) is 6.85. The van der Waals surface area contributed by atoms with Crippen LogP contribution in [0.25, 0.3) is 0 Å². The molecule has 0 aliphatic rings. The van der Waals surface area contributed by atoms with E-state index in [4.69, 9.17) is 9.84 Å². The van der Waals surface area contributed by atoms with Crippen LogP contribution in [0, 0.1) is 6.92 Å². The maximum Gasteiger partial charge on any atom is 0.326 e. The summed E-state index contributed by atoms with van der Waals surface area (Å²) in [6.45, 7) is 5.86. The third-order valence-electron chi connectivity index (χ3n) is 2.84. The predicted molar refractivity (Wildman–Crippen MR) is 80.3 cm³/mol. The van der Waals surface area contributed by atoms with Gasteiger partial charge < -0.3 is 15.2 Å². The molecular weight excluding hydrogens is 270 g/mol. The zero-order valence-corrected chi connectivity index (χ0v) is 12.2. The molecule has 0 bridgehead atoms. The van der Waals surface area contributed by atoms with Gasteiger partial charge in [0, 0.05) is 6.42 Å². The molecule has 1 atom stereocenters. The number of aryl methyl sites for hydroxylation is 1. The Labute approximate surface area is 124 Å². The van der Waals surface area contributed by atoms with Crippen molar-refractivity contribution in [2.75, 3.05) is 6.61 Å². The summed E-state index contributed by atoms with van der Waals surface area (Å²) in [6.07, 6.45) is 2.44. The first-order chi connectivity index (χ1) is 10.0. The van der Waals surface area contributed by atoms with Crippen LogP contribution in [0.1, 0.15) is 24.8 Å². The summed E-state index contributed by atoms with van der Waals surface area (Å²) >= 11 is 0. The number of nitrogens with one attached hydrogen (secondary N) is 1. The molecule has 0 heterocycles. The van der Waals surface area contributed by atoms with Crippen molar-refractivity contribution < 1.29 is 19.4 Å². The van der Waals surface area contributed by atoms with Gasteiger partial charge in [-0.05, 0) is 37.5 Å². The quantitative estimate of drug-likeness (QED) is 0.541. The number of carbonyl (C=O) groups excluding carboxylic acids is 1. The van der Waals surface area contributed by atoms with Crippen LogP contribution >= 0.6 is 0 Å². The largest absolute Gasteiger partial charge is 0.494 e. The van der Waals surface area contributed by atoms with Crippen LogP contribution in [0.5, 0.6) is 5.75 Å². The summed E-state index contributed by atoms with van der Waals surface area (Å²) in [4.78, 5) is 22.5. The van der Waals surface area contributed by atoms with Gasteiger partial charge in [0.1, 0.15) is 11.8 Å². The topological polar surface area (TPSA) is 75.6 Å². The van der Waals surface area contributed by atoms with Crippen LogP contribution in [0.2, 0.25) is 0 Å². The molecule has 21 heavy (non-hydrogen) atoms. The van der Waals surface area contributed by atoms with Gasteiger partial charge in [0.2, 0.25) is 5.91 Å². The molecule has 1 amide bonds. The summed E-state index contributed by atoms with van der Waals surface area (Å²) in [7, 11) is 0. The fourth-order valence-electron chi connectivity index (χ4n) is 1.78. The second kappa shape index (κ2) is 8.79. The number of aliphatic carboxylic acids is 1. The van der Waals surface area contributed by atoms with E-state index < -0.39 is 12.0 Å². The average Bonchev–Trinajstić information content (AvgIpc) is 2.43. The number of hydrogen-bond acceptors (Lipinski definition) is 3. The summed E-state index contributed by atoms with van der Waals surface area (Å²) in [5, 5.41) is 11.4. The van der Waals surface area contributed by atoms with Crippen molar-refractivity contribution in [1.82, 2.24) is 5.32 Å². The van der Waals surface area contributed by atoms with E-state index in [1.165, 1.54) is 6.08 Å². The SMILES string of the molecule is C=CCC(NC(=O)CCCOc1cccc(C)c1)C(=O)O. The third kappa shape index (κ3) is 6.61. The van der Waals surface area contributed by atoms with Gasteiger partial charge in [0.15, 0.2) is 0 Å². The number of amides is 1. The van der Waals surface area contributed by atoms with Crippen molar-refractivity contribution >= 4 is 11.9 Å². The van der Waals surface area contributed by atoms with Gasteiger partial charge in [-0.3, -0.25) is 4.79 Å². The highest BCUT2D eigenvalue weighted by Crippen LogP contribution is 2.12. The lowest BCUT2D eigenvalue weighted by molar-refractivity contribution is -0.141. The van der Waals surface area contributed by atoms with Gasteiger partial charge >= 0.3 is 5.97 Å². The van der Waals surface area contributed by atoms with Crippen LogP contribution in [-0.2, 0) is 9.59 Å². The van der Waals surface area contributed by atoms with E-state index in [2.05, 4.69) is 11.9 Å². The smallest absolute Gasteiger partial charge is 0.326 e.